The lowest BCUT2D eigenvalue weighted by molar-refractivity contribution is 0.129. The Morgan fingerprint density at radius 2 is 1.81 bits per heavy atom. The highest BCUT2D eigenvalue weighted by molar-refractivity contribution is 7.89. The van der Waals surface area contributed by atoms with E-state index in [1.165, 1.54) is 4.31 Å². The minimum absolute atomic E-state index is 0.154. The minimum atomic E-state index is -3.54. The molecule has 7 heteroatoms. The van der Waals surface area contributed by atoms with Gasteiger partial charge in [0.05, 0.1) is 4.90 Å². The molecule has 1 fully saturated rings. The number of nitrogens with zero attached hydrogens (tertiary/aromatic N) is 3. The number of rotatable bonds is 4. The fourth-order valence-electron chi connectivity index (χ4n) is 3.62. The average Bonchev–Trinajstić information content (AvgIpc) is 2.61. The summed E-state index contributed by atoms with van der Waals surface area (Å²) in [6, 6.07) is 9.21. The highest BCUT2D eigenvalue weighted by Crippen LogP contribution is 2.28. The van der Waals surface area contributed by atoms with Crippen LogP contribution in [0.5, 0.6) is 5.88 Å². The second-order valence-electron chi connectivity index (χ2n) is 6.92. The maximum atomic E-state index is 13.1. The van der Waals surface area contributed by atoms with Crippen LogP contribution in [0.15, 0.2) is 35.4 Å². The predicted molar refractivity (Wildman–Crippen MR) is 102 cm³/mol. The zero-order valence-electron chi connectivity index (χ0n) is 15.8. The highest BCUT2D eigenvalue weighted by atomic mass is 32.2. The van der Waals surface area contributed by atoms with Gasteiger partial charge in [0.25, 0.3) is 0 Å². The zero-order chi connectivity index (χ0) is 19.6. The van der Waals surface area contributed by atoms with Crippen LogP contribution < -0.4 is 4.74 Å². The van der Waals surface area contributed by atoms with E-state index >= 15 is 0 Å². The Morgan fingerprint density at radius 3 is 2.41 bits per heavy atom. The molecule has 0 amide bonds. The van der Waals surface area contributed by atoms with E-state index in [2.05, 4.69) is 11.1 Å². The van der Waals surface area contributed by atoms with E-state index in [4.69, 9.17) is 10.00 Å². The second-order valence-corrected chi connectivity index (χ2v) is 8.79. The third kappa shape index (κ3) is 3.97. The van der Waals surface area contributed by atoms with Gasteiger partial charge in [-0.1, -0.05) is 17.7 Å². The van der Waals surface area contributed by atoms with Crippen molar-refractivity contribution in [3.05, 3.63) is 52.7 Å². The normalized spacial score (nSPS) is 16.1. The summed E-state index contributed by atoms with van der Waals surface area (Å²) in [7, 11) is -3.54. The van der Waals surface area contributed by atoms with Gasteiger partial charge in [-0.15, -0.1) is 0 Å². The van der Waals surface area contributed by atoms with Gasteiger partial charge in [-0.3, -0.25) is 0 Å². The topological polar surface area (TPSA) is 83.3 Å². The summed E-state index contributed by atoms with van der Waals surface area (Å²) in [6.07, 6.45) is 2.55. The molecule has 2 aromatic rings. The van der Waals surface area contributed by atoms with E-state index in [0.717, 1.165) is 16.7 Å². The first-order valence-electron chi connectivity index (χ1n) is 8.92. The molecular weight excluding hydrogens is 362 g/mol. The third-order valence-corrected chi connectivity index (χ3v) is 6.98. The van der Waals surface area contributed by atoms with Crippen molar-refractivity contribution in [3.8, 4) is 11.9 Å². The molecule has 1 aromatic heterocycles. The summed E-state index contributed by atoms with van der Waals surface area (Å²) in [5.74, 6) is 0.312. The molecule has 142 valence electrons. The highest BCUT2D eigenvalue weighted by Gasteiger charge is 2.32. The summed E-state index contributed by atoms with van der Waals surface area (Å²) in [6.45, 7) is 6.41. The van der Waals surface area contributed by atoms with Crippen LogP contribution in [0.2, 0.25) is 0 Å². The average molecular weight is 385 g/mol. The van der Waals surface area contributed by atoms with Gasteiger partial charge in [0.15, 0.2) is 0 Å². The fraction of sp³-hybridized carbons (Fsp3) is 0.400. The van der Waals surface area contributed by atoms with Gasteiger partial charge in [0.1, 0.15) is 17.7 Å². The number of aromatic nitrogens is 1. The van der Waals surface area contributed by atoms with Crippen molar-refractivity contribution in [1.29, 1.82) is 5.26 Å². The fourth-order valence-corrected chi connectivity index (χ4v) is 5.50. The van der Waals surface area contributed by atoms with Gasteiger partial charge in [-0.2, -0.15) is 9.57 Å². The molecule has 0 aliphatic carbocycles. The van der Waals surface area contributed by atoms with Gasteiger partial charge in [0, 0.05) is 19.3 Å². The van der Waals surface area contributed by atoms with Gasteiger partial charge >= 0.3 is 0 Å². The van der Waals surface area contributed by atoms with Crippen molar-refractivity contribution < 1.29 is 13.2 Å². The Balaban J connectivity index is 1.73. The lowest BCUT2D eigenvalue weighted by Crippen LogP contribution is -2.42. The zero-order valence-corrected chi connectivity index (χ0v) is 16.6. The molecule has 0 radical (unpaired) electrons. The van der Waals surface area contributed by atoms with Crippen molar-refractivity contribution in [1.82, 2.24) is 9.29 Å². The number of pyridine rings is 1. The number of hydrogen-bond donors (Lipinski definition) is 0. The van der Waals surface area contributed by atoms with Gasteiger partial charge < -0.3 is 4.74 Å². The van der Waals surface area contributed by atoms with Crippen LogP contribution in [0.1, 0.15) is 35.1 Å². The van der Waals surface area contributed by atoms with Crippen LogP contribution in [0, 0.1) is 32.1 Å². The largest absolute Gasteiger partial charge is 0.473 e. The Kier molecular flexibility index (Phi) is 5.49. The second kappa shape index (κ2) is 7.67. The molecule has 1 saturated heterocycles. The number of hydrogen-bond acceptors (Lipinski definition) is 5. The van der Waals surface area contributed by atoms with E-state index in [-0.39, 0.29) is 6.10 Å². The summed E-state index contributed by atoms with van der Waals surface area (Å²) in [5.41, 5.74) is 2.99. The lowest BCUT2D eigenvalue weighted by Gasteiger charge is -2.32. The van der Waals surface area contributed by atoms with E-state index in [0.29, 0.717) is 42.3 Å². The lowest BCUT2D eigenvalue weighted by atomic mass is 10.1. The first-order valence-corrected chi connectivity index (χ1v) is 10.4. The van der Waals surface area contributed by atoms with E-state index in [1.807, 2.05) is 32.9 Å². The quantitative estimate of drug-likeness (QED) is 0.807. The molecule has 6 nitrogen and oxygen atoms in total. The van der Waals surface area contributed by atoms with E-state index in [1.54, 1.807) is 18.3 Å². The number of benzene rings is 1. The van der Waals surface area contributed by atoms with Crippen molar-refractivity contribution >= 4 is 10.0 Å². The molecule has 1 aliphatic rings. The van der Waals surface area contributed by atoms with Crippen LogP contribution in [0.3, 0.4) is 0 Å². The molecule has 0 saturated carbocycles. The Morgan fingerprint density at radius 1 is 1.19 bits per heavy atom. The van der Waals surface area contributed by atoms with Crippen LogP contribution in [0.4, 0.5) is 0 Å². The Hall–Kier alpha value is -2.43. The van der Waals surface area contributed by atoms with Crippen molar-refractivity contribution in [2.45, 2.75) is 44.6 Å². The molecule has 1 aliphatic heterocycles. The molecule has 0 spiro atoms. The third-order valence-electron chi connectivity index (χ3n) is 4.77. The van der Waals surface area contributed by atoms with E-state index < -0.39 is 10.0 Å². The Bertz CT molecular complexity index is 965. The summed E-state index contributed by atoms with van der Waals surface area (Å²) in [5, 5.41) is 9.14. The molecule has 0 N–H and O–H groups in total. The van der Waals surface area contributed by atoms with Gasteiger partial charge in [-0.25, -0.2) is 13.4 Å². The van der Waals surface area contributed by atoms with Gasteiger partial charge in [0.2, 0.25) is 15.9 Å². The summed E-state index contributed by atoms with van der Waals surface area (Å²) >= 11 is 0. The van der Waals surface area contributed by atoms with Crippen LogP contribution in [-0.2, 0) is 10.0 Å². The van der Waals surface area contributed by atoms with Crippen LogP contribution in [-0.4, -0.2) is 36.9 Å². The number of sulfonamides is 1. The first-order chi connectivity index (χ1) is 12.8. The van der Waals surface area contributed by atoms with Crippen molar-refractivity contribution in [2.75, 3.05) is 13.1 Å². The molecule has 0 bridgehead atoms. The van der Waals surface area contributed by atoms with Crippen LogP contribution in [0.25, 0.3) is 0 Å². The predicted octanol–water partition coefficient (Wildman–Crippen LogP) is 3.11. The van der Waals surface area contributed by atoms with E-state index in [9.17, 15) is 8.42 Å². The molecule has 0 unspecified atom stereocenters. The number of ether oxygens (including phenoxy) is 1. The maximum Gasteiger partial charge on any atom is 0.243 e. The number of aryl methyl sites for hydroxylation is 3. The first kappa shape index (κ1) is 19.3. The maximum absolute atomic E-state index is 13.1. The summed E-state index contributed by atoms with van der Waals surface area (Å²) in [4.78, 5) is 4.52. The molecule has 0 atom stereocenters. The standard InChI is InChI=1S/C20H23N3O3S/c1-14-11-15(2)19(16(3)12-14)27(24,25)23-9-6-18(7-10-23)26-20-17(13-21)5-4-8-22-20/h4-5,8,11-12,18H,6-7,9-10H2,1-3H3. The van der Waals surface area contributed by atoms with Crippen molar-refractivity contribution in [3.63, 3.8) is 0 Å². The smallest absolute Gasteiger partial charge is 0.243 e. The monoisotopic (exact) mass is 385 g/mol. The van der Waals surface area contributed by atoms with Gasteiger partial charge in [-0.05, 0) is 56.9 Å². The SMILES string of the molecule is Cc1cc(C)c(S(=O)(=O)N2CCC(Oc3ncccc3C#N)CC2)c(C)c1. The molecular formula is C20H23N3O3S. The molecule has 2 heterocycles. The van der Waals surface area contributed by atoms with Crippen molar-refractivity contribution in [2.24, 2.45) is 0 Å². The number of piperidine rings is 1. The van der Waals surface area contributed by atoms with Crippen LogP contribution >= 0.6 is 0 Å². The number of nitriles is 1. The summed E-state index contributed by atoms with van der Waals surface area (Å²) < 4.78 is 33.7. The molecule has 1 aromatic carbocycles. The minimum Gasteiger partial charge on any atom is -0.473 e. The molecule has 27 heavy (non-hydrogen) atoms. The Labute approximate surface area is 160 Å². The molecule has 3 rings (SSSR count).